The molecule has 0 N–H and O–H groups in total. The number of rotatable bonds is 5. The molecule has 1 fully saturated rings. The maximum atomic E-state index is 13.0. The molecule has 0 unspecified atom stereocenters. The van der Waals surface area contributed by atoms with Gasteiger partial charge in [-0.3, -0.25) is 4.79 Å². The first-order valence-electron chi connectivity index (χ1n) is 8.35. The van der Waals surface area contributed by atoms with E-state index in [0.29, 0.717) is 0 Å². The summed E-state index contributed by atoms with van der Waals surface area (Å²) in [5.74, 6) is 0.327. The molecule has 0 spiro atoms. The predicted octanol–water partition coefficient (Wildman–Crippen LogP) is 4.28. The van der Waals surface area contributed by atoms with E-state index in [0.717, 1.165) is 16.9 Å². The first kappa shape index (κ1) is 18.5. The molecular weight excluding hydrogens is 398 g/mol. The molecule has 2 aromatic rings. The molecule has 0 bridgehead atoms. The number of nitrogens with zero attached hydrogens (tertiary/aromatic N) is 1. The molecule has 136 valence electrons. The molecule has 6 heteroatoms. The van der Waals surface area contributed by atoms with Gasteiger partial charge in [-0.15, -0.1) is 0 Å². The number of carbonyl (C=O) groups excluding carboxylic acids is 2. The molecule has 2 amide bonds. The van der Waals surface area contributed by atoms with Crippen molar-refractivity contribution in [3.8, 4) is 5.75 Å². The Morgan fingerprint density at radius 3 is 2.46 bits per heavy atom. The van der Waals surface area contributed by atoms with Gasteiger partial charge in [-0.25, -0.2) is 9.69 Å². The smallest absolute Gasteiger partial charge is 0.417 e. The average molecular weight is 418 g/mol. The lowest BCUT2D eigenvalue weighted by molar-refractivity contribution is -0.128. The van der Waals surface area contributed by atoms with Gasteiger partial charge < -0.3 is 9.47 Å². The third-order valence-corrected chi connectivity index (χ3v) is 5.80. The standard InChI is InChI=1S/C20H20BrNO4/c1-13(14-8-10-16(25-2)11-9-14)18(21)19(23)22-17(12-26-20(22)24)15-6-4-3-5-7-15/h3-11,13,17-18H,12H2,1-2H3/t13-,17-,18+/m0/s1. The fourth-order valence-electron chi connectivity index (χ4n) is 3.01. The zero-order chi connectivity index (χ0) is 18.7. The third-order valence-electron chi connectivity index (χ3n) is 4.61. The van der Waals surface area contributed by atoms with Crippen LogP contribution in [0.25, 0.3) is 0 Å². The Hall–Kier alpha value is -2.34. The van der Waals surface area contributed by atoms with E-state index in [2.05, 4.69) is 15.9 Å². The van der Waals surface area contributed by atoms with Crippen molar-refractivity contribution in [2.24, 2.45) is 0 Å². The van der Waals surface area contributed by atoms with Gasteiger partial charge in [0.15, 0.2) is 0 Å². The molecule has 0 aromatic heterocycles. The fourth-order valence-corrected chi connectivity index (χ4v) is 3.53. The summed E-state index contributed by atoms with van der Waals surface area (Å²) < 4.78 is 10.3. The average Bonchev–Trinajstić information content (AvgIpc) is 3.08. The molecule has 5 nitrogen and oxygen atoms in total. The second-order valence-electron chi connectivity index (χ2n) is 6.18. The summed E-state index contributed by atoms with van der Waals surface area (Å²) in [7, 11) is 1.61. The van der Waals surface area contributed by atoms with E-state index in [4.69, 9.17) is 9.47 Å². The van der Waals surface area contributed by atoms with E-state index in [-0.39, 0.29) is 18.4 Å². The van der Waals surface area contributed by atoms with Gasteiger partial charge in [0.2, 0.25) is 5.91 Å². The predicted molar refractivity (Wildman–Crippen MR) is 102 cm³/mol. The molecule has 1 aliphatic heterocycles. The number of cyclic esters (lactones) is 1. The second-order valence-corrected chi connectivity index (χ2v) is 7.16. The van der Waals surface area contributed by atoms with Crippen LogP contribution in [0.3, 0.4) is 0 Å². The van der Waals surface area contributed by atoms with Crippen LogP contribution in [0.4, 0.5) is 4.79 Å². The minimum Gasteiger partial charge on any atom is -0.497 e. The number of methoxy groups -OCH3 is 1. The van der Waals surface area contributed by atoms with E-state index in [9.17, 15) is 9.59 Å². The van der Waals surface area contributed by atoms with Crippen LogP contribution in [0, 0.1) is 0 Å². The lowest BCUT2D eigenvalue weighted by Gasteiger charge is -2.25. The summed E-state index contributed by atoms with van der Waals surface area (Å²) in [6, 6.07) is 16.6. The van der Waals surface area contributed by atoms with E-state index in [1.165, 1.54) is 4.90 Å². The van der Waals surface area contributed by atoms with Crippen LogP contribution in [-0.2, 0) is 9.53 Å². The van der Waals surface area contributed by atoms with Gasteiger partial charge in [-0.1, -0.05) is 65.3 Å². The highest BCUT2D eigenvalue weighted by Crippen LogP contribution is 2.33. The summed E-state index contributed by atoms with van der Waals surface area (Å²) in [5.41, 5.74) is 1.85. The minimum atomic E-state index is -0.602. The summed E-state index contributed by atoms with van der Waals surface area (Å²) in [4.78, 5) is 25.9. The number of imide groups is 1. The minimum absolute atomic E-state index is 0.127. The van der Waals surface area contributed by atoms with E-state index in [1.54, 1.807) is 7.11 Å². The largest absolute Gasteiger partial charge is 0.497 e. The monoisotopic (exact) mass is 417 g/mol. The Bertz CT molecular complexity index is 778. The van der Waals surface area contributed by atoms with Gasteiger partial charge in [0, 0.05) is 5.92 Å². The van der Waals surface area contributed by atoms with Gasteiger partial charge in [-0.2, -0.15) is 0 Å². The van der Waals surface area contributed by atoms with E-state index < -0.39 is 17.0 Å². The number of carbonyl (C=O) groups is 2. The highest BCUT2D eigenvalue weighted by Gasteiger charge is 2.42. The Morgan fingerprint density at radius 1 is 1.19 bits per heavy atom. The van der Waals surface area contributed by atoms with Crippen molar-refractivity contribution in [3.05, 3.63) is 65.7 Å². The maximum absolute atomic E-state index is 13.0. The van der Waals surface area contributed by atoms with Gasteiger partial charge in [0.05, 0.1) is 7.11 Å². The molecule has 2 aromatic carbocycles. The van der Waals surface area contributed by atoms with Crippen LogP contribution >= 0.6 is 15.9 Å². The Kier molecular flexibility index (Phi) is 5.61. The van der Waals surface area contributed by atoms with Crippen LogP contribution < -0.4 is 4.74 Å². The molecule has 26 heavy (non-hydrogen) atoms. The molecule has 1 saturated heterocycles. The highest BCUT2D eigenvalue weighted by atomic mass is 79.9. The van der Waals surface area contributed by atoms with Gasteiger partial charge in [0.25, 0.3) is 0 Å². The Labute approximate surface area is 161 Å². The van der Waals surface area contributed by atoms with Gasteiger partial charge in [-0.05, 0) is 23.3 Å². The number of hydrogen-bond acceptors (Lipinski definition) is 4. The summed E-state index contributed by atoms with van der Waals surface area (Å²) in [6.07, 6.45) is -0.602. The van der Waals surface area contributed by atoms with Gasteiger partial charge in [0.1, 0.15) is 23.2 Å². The topological polar surface area (TPSA) is 55.8 Å². The van der Waals surface area contributed by atoms with E-state index >= 15 is 0 Å². The molecule has 1 aliphatic rings. The normalized spacial score (nSPS) is 19.0. The van der Waals surface area contributed by atoms with Crippen LogP contribution in [-0.4, -0.2) is 35.4 Å². The number of hydrogen-bond donors (Lipinski definition) is 0. The summed E-state index contributed by atoms with van der Waals surface area (Å²) in [6.45, 7) is 2.11. The van der Waals surface area contributed by atoms with Crippen molar-refractivity contribution < 1.29 is 19.1 Å². The van der Waals surface area contributed by atoms with Crippen molar-refractivity contribution in [2.45, 2.75) is 23.7 Å². The van der Waals surface area contributed by atoms with Crippen LogP contribution in [0.15, 0.2) is 54.6 Å². The number of halogens is 1. The molecular formula is C20H20BrNO4. The fraction of sp³-hybridized carbons (Fsp3) is 0.300. The maximum Gasteiger partial charge on any atom is 0.417 e. The summed E-state index contributed by atoms with van der Waals surface area (Å²) >= 11 is 3.49. The molecule has 3 atom stereocenters. The van der Waals surface area contributed by atoms with Gasteiger partial charge >= 0.3 is 6.09 Å². The Morgan fingerprint density at radius 2 is 1.85 bits per heavy atom. The number of ether oxygens (including phenoxy) is 2. The molecule has 3 rings (SSSR count). The molecule has 1 heterocycles. The second kappa shape index (κ2) is 7.91. The van der Waals surface area contributed by atoms with Crippen LogP contribution in [0.5, 0.6) is 5.75 Å². The zero-order valence-corrected chi connectivity index (χ0v) is 16.2. The van der Waals surface area contributed by atoms with Crippen molar-refractivity contribution in [1.29, 1.82) is 0 Å². The molecule has 0 radical (unpaired) electrons. The van der Waals surface area contributed by atoms with E-state index in [1.807, 2.05) is 61.5 Å². The zero-order valence-electron chi connectivity index (χ0n) is 14.6. The highest BCUT2D eigenvalue weighted by molar-refractivity contribution is 9.10. The lowest BCUT2D eigenvalue weighted by atomic mass is 9.96. The Balaban J connectivity index is 1.80. The van der Waals surface area contributed by atoms with Crippen molar-refractivity contribution >= 4 is 27.9 Å². The number of amides is 2. The first-order valence-corrected chi connectivity index (χ1v) is 9.27. The summed E-state index contributed by atoms with van der Waals surface area (Å²) in [5, 5.41) is 0. The molecule has 0 saturated carbocycles. The van der Waals surface area contributed by atoms with Crippen molar-refractivity contribution in [2.75, 3.05) is 13.7 Å². The van der Waals surface area contributed by atoms with Crippen LogP contribution in [0.2, 0.25) is 0 Å². The molecule has 0 aliphatic carbocycles. The van der Waals surface area contributed by atoms with Crippen molar-refractivity contribution in [1.82, 2.24) is 4.90 Å². The quantitative estimate of drug-likeness (QED) is 0.681. The number of benzene rings is 2. The lowest BCUT2D eigenvalue weighted by Crippen LogP contribution is -2.40. The first-order chi connectivity index (χ1) is 12.5. The van der Waals surface area contributed by atoms with Crippen molar-refractivity contribution in [3.63, 3.8) is 0 Å². The SMILES string of the molecule is COc1ccc([C@H](C)[C@@H](Br)C(=O)N2C(=O)OC[C@H]2c2ccccc2)cc1. The van der Waals surface area contributed by atoms with Crippen LogP contribution in [0.1, 0.15) is 30.0 Å². The third kappa shape index (κ3) is 3.60. The number of alkyl halides is 1.